The Bertz CT molecular complexity index is 347. The third-order valence-corrected chi connectivity index (χ3v) is 3.17. The Balaban J connectivity index is 1.82. The van der Waals surface area contributed by atoms with Crippen molar-refractivity contribution in [2.75, 3.05) is 25.0 Å². The second-order valence-electron chi connectivity index (χ2n) is 5.02. The molecule has 1 fully saturated rings. The van der Waals surface area contributed by atoms with Crippen LogP contribution in [-0.2, 0) is 0 Å². The van der Waals surface area contributed by atoms with Gasteiger partial charge < -0.3 is 10.2 Å². The Kier molecular flexibility index (Phi) is 4.31. The lowest BCUT2D eigenvalue weighted by Crippen LogP contribution is -2.38. The van der Waals surface area contributed by atoms with Crippen LogP contribution in [0.5, 0.6) is 0 Å². The summed E-state index contributed by atoms with van der Waals surface area (Å²) in [5.74, 6) is 0.884. The molecule has 1 saturated heterocycles. The molecule has 1 aliphatic rings. The zero-order valence-corrected chi connectivity index (χ0v) is 10.8. The molecule has 17 heavy (non-hydrogen) atoms. The fourth-order valence-corrected chi connectivity index (χ4v) is 2.36. The molecule has 1 unspecified atom stereocenters. The molecule has 1 atom stereocenters. The highest BCUT2D eigenvalue weighted by Gasteiger charge is 2.13. The predicted molar refractivity (Wildman–Crippen MR) is 70.1 cm³/mol. The van der Waals surface area contributed by atoms with Gasteiger partial charge in [0.2, 0.25) is 0 Å². The predicted octanol–water partition coefficient (Wildman–Crippen LogP) is 2.07. The van der Waals surface area contributed by atoms with Crippen molar-refractivity contribution in [3.05, 3.63) is 17.8 Å². The Morgan fingerprint density at radius 2 is 2.12 bits per heavy atom. The van der Waals surface area contributed by atoms with E-state index in [-0.39, 0.29) is 0 Å². The number of hydrogen-bond acceptors (Lipinski definition) is 4. The second-order valence-corrected chi connectivity index (χ2v) is 5.02. The van der Waals surface area contributed by atoms with Gasteiger partial charge in [0.05, 0.1) is 6.20 Å². The molecule has 1 aromatic heterocycles. The van der Waals surface area contributed by atoms with Crippen molar-refractivity contribution in [3.8, 4) is 0 Å². The molecule has 0 amide bonds. The summed E-state index contributed by atoms with van der Waals surface area (Å²) in [6, 6.07) is 2.46. The highest BCUT2D eigenvalue weighted by molar-refractivity contribution is 5.36. The molecule has 0 aromatic carbocycles. The maximum absolute atomic E-state index is 4.09. The van der Waals surface area contributed by atoms with E-state index >= 15 is 0 Å². The van der Waals surface area contributed by atoms with E-state index in [1.54, 1.807) is 6.20 Å². The van der Waals surface area contributed by atoms with Crippen LogP contribution < -0.4 is 5.32 Å². The summed E-state index contributed by atoms with van der Waals surface area (Å²) in [5.41, 5.74) is 1.15. The Morgan fingerprint density at radius 1 is 1.35 bits per heavy atom. The number of likely N-dealkylation sites (tertiary alicyclic amines) is 1. The maximum atomic E-state index is 4.09. The number of aromatic nitrogens is 2. The van der Waals surface area contributed by atoms with Gasteiger partial charge in [0.15, 0.2) is 0 Å². The number of hydrogen-bond donors (Lipinski definition) is 1. The van der Waals surface area contributed by atoms with Gasteiger partial charge in [0, 0.05) is 12.6 Å². The SMILES string of the molecule is Cc1cnnc(NC(C)CN2CCCCC2)c1. The third-order valence-electron chi connectivity index (χ3n) is 3.17. The summed E-state index contributed by atoms with van der Waals surface area (Å²) in [6.45, 7) is 7.82. The number of nitrogens with zero attached hydrogens (tertiary/aromatic N) is 3. The van der Waals surface area contributed by atoms with Gasteiger partial charge >= 0.3 is 0 Å². The van der Waals surface area contributed by atoms with Crippen LogP contribution in [0.4, 0.5) is 5.82 Å². The lowest BCUT2D eigenvalue weighted by Gasteiger charge is -2.29. The number of anilines is 1. The van der Waals surface area contributed by atoms with Crippen LogP contribution in [0.2, 0.25) is 0 Å². The molecule has 0 saturated carbocycles. The van der Waals surface area contributed by atoms with Crippen LogP contribution >= 0.6 is 0 Å². The van der Waals surface area contributed by atoms with Gasteiger partial charge in [-0.1, -0.05) is 6.42 Å². The molecular formula is C13H22N4. The van der Waals surface area contributed by atoms with Gasteiger partial charge in [-0.15, -0.1) is 5.10 Å². The van der Waals surface area contributed by atoms with Crippen molar-refractivity contribution in [2.24, 2.45) is 0 Å². The second kappa shape index (κ2) is 5.96. The van der Waals surface area contributed by atoms with E-state index in [1.165, 1.54) is 32.4 Å². The van der Waals surface area contributed by atoms with Crippen molar-refractivity contribution in [1.82, 2.24) is 15.1 Å². The first-order chi connectivity index (χ1) is 8.24. The summed E-state index contributed by atoms with van der Waals surface area (Å²) >= 11 is 0. The normalized spacial score (nSPS) is 18.9. The minimum absolute atomic E-state index is 0.421. The van der Waals surface area contributed by atoms with Crippen LogP contribution in [-0.4, -0.2) is 40.8 Å². The van der Waals surface area contributed by atoms with Crippen LogP contribution in [0.15, 0.2) is 12.3 Å². The Morgan fingerprint density at radius 3 is 2.82 bits per heavy atom. The quantitative estimate of drug-likeness (QED) is 0.866. The minimum atomic E-state index is 0.421. The molecule has 2 rings (SSSR count). The molecular weight excluding hydrogens is 212 g/mol. The Hall–Kier alpha value is -1.16. The largest absolute Gasteiger partial charge is 0.365 e. The van der Waals surface area contributed by atoms with Gasteiger partial charge in [0.25, 0.3) is 0 Å². The fourth-order valence-electron chi connectivity index (χ4n) is 2.36. The molecule has 4 nitrogen and oxygen atoms in total. The van der Waals surface area contributed by atoms with Crippen LogP contribution in [0, 0.1) is 6.92 Å². The molecule has 1 aliphatic heterocycles. The smallest absolute Gasteiger partial charge is 0.149 e. The molecule has 2 heterocycles. The van der Waals surface area contributed by atoms with Crippen molar-refractivity contribution in [2.45, 2.75) is 39.2 Å². The monoisotopic (exact) mass is 234 g/mol. The first kappa shape index (κ1) is 12.3. The zero-order valence-electron chi connectivity index (χ0n) is 10.8. The van der Waals surface area contributed by atoms with E-state index in [2.05, 4.69) is 27.3 Å². The van der Waals surface area contributed by atoms with Crippen LogP contribution in [0.3, 0.4) is 0 Å². The molecule has 94 valence electrons. The van der Waals surface area contributed by atoms with Crippen molar-refractivity contribution < 1.29 is 0 Å². The number of aryl methyl sites for hydroxylation is 1. The zero-order chi connectivity index (χ0) is 12.1. The standard InChI is InChI=1S/C13H22N4/c1-11-8-13(16-14-9-11)15-12(2)10-17-6-4-3-5-7-17/h8-9,12H,3-7,10H2,1-2H3,(H,15,16). The molecule has 0 spiro atoms. The van der Waals surface area contributed by atoms with E-state index in [9.17, 15) is 0 Å². The van der Waals surface area contributed by atoms with Gasteiger partial charge in [0.1, 0.15) is 5.82 Å². The fraction of sp³-hybridized carbons (Fsp3) is 0.692. The van der Waals surface area contributed by atoms with E-state index in [4.69, 9.17) is 0 Å². The number of piperidine rings is 1. The average molecular weight is 234 g/mol. The topological polar surface area (TPSA) is 41.1 Å². The van der Waals surface area contributed by atoms with E-state index in [0.717, 1.165) is 17.9 Å². The molecule has 0 bridgehead atoms. The summed E-state index contributed by atoms with van der Waals surface area (Å²) < 4.78 is 0. The number of nitrogens with one attached hydrogen (secondary N) is 1. The lowest BCUT2D eigenvalue weighted by molar-refractivity contribution is 0.223. The molecule has 4 heteroatoms. The van der Waals surface area contributed by atoms with E-state index in [1.807, 2.05) is 13.0 Å². The summed E-state index contributed by atoms with van der Waals surface area (Å²) in [5, 5.41) is 11.5. The van der Waals surface area contributed by atoms with E-state index < -0.39 is 0 Å². The van der Waals surface area contributed by atoms with Crippen LogP contribution in [0.25, 0.3) is 0 Å². The van der Waals surface area contributed by atoms with Gasteiger partial charge in [-0.3, -0.25) is 0 Å². The summed E-state index contributed by atoms with van der Waals surface area (Å²) in [4.78, 5) is 2.53. The lowest BCUT2D eigenvalue weighted by atomic mass is 10.1. The van der Waals surface area contributed by atoms with Crippen LogP contribution in [0.1, 0.15) is 31.7 Å². The summed E-state index contributed by atoms with van der Waals surface area (Å²) in [6.07, 6.45) is 5.86. The molecule has 0 aliphatic carbocycles. The van der Waals surface area contributed by atoms with E-state index in [0.29, 0.717) is 6.04 Å². The van der Waals surface area contributed by atoms with Crippen molar-refractivity contribution in [1.29, 1.82) is 0 Å². The van der Waals surface area contributed by atoms with Crippen molar-refractivity contribution in [3.63, 3.8) is 0 Å². The maximum Gasteiger partial charge on any atom is 0.149 e. The summed E-state index contributed by atoms with van der Waals surface area (Å²) in [7, 11) is 0. The Labute approximate surface area is 103 Å². The van der Waals surface area contributed by atoms with Gasteiger partial charge in [-0.25, -0.2) is 0 Å². The van der Waals surface area contributed by atoms with Gasteiger partial charge in [-0.05, 0) is 51.4 Å². The molecule has 1 N–H and O–H groups in total. The number of rotatable bonds is 4. The first-order valence-electron chi connectivity index (χ1n) is 6.52. The third kappa shape index (κ3) is 3.97. The highest BCUT2D eigenvalue weighted by Crippen LogP contribution is 2.11. The minimum Gasteiger partial charge on any atom is -0.365 e. The average Bonchev–Trinajstić information content (AvgIpc) is 2.30. The molecule has 1 aromatic rings. The molecule has 0 radical (unpaired) electrons. The van der Waals surface area contributed by atoms with Gasteiger partial charge in [-0.2, -0.15) is 5.10 Å². The highest BCUT2D eigenvalue weighted by atomic mass is 15.2. The van der Waals surface area contributed by atoms with Crippen molar-refractivity contribution >= 4 is 5.82 Å². The first-order valence-corrected chi connectivity index (χ1v) is 6.52.